The maximum atomic E-state index is 13.5. The molecule has 7 nitrogen and oxygen atoms in total. The second kappa shape index (κ2) is 11.4. The molecular formula is C27H25N3O4S2. The highest BCUT2D eigenvalue weighted by Gasteiger charge is 2.18. The fourth-order valence-corrected chi connectivity index (χ4v) is 5.41. The van der Waals surface area contributed by atoms with Crippen molar-refractivity contribution < 1.29 is 14.3 Å². The van der Waals surface area contributed by atoms with Gasteiger partial charge in [0.1, 0.15) is 4.83 Å². The third kappa shape index (κ3) is 5.58. The van der Waals surface area contributed by atoms with Gasteiger partial charge < -0.3 is 10.1 Å². The molecular weight excluding hydrogens is 494 g/mol. The van der Waals surface area contributed by atoms with Crippen LogP contribution in [0.25, 0.3) is 21.3 Å². The number of fused-ring (bicyclic) bond motifs is 1. The van der Waals surface area contributed by atoms with Gasteiger partial charge in [-0.1, -0.05) is 53.7 Å². The van der Waals surface area contributed by atoms with Gasteiger partial charge in [-0.15, -0.1) is 17.9 Å². The smallest absolute Gasteiger partial charge is 0.338 e. The van der Waals surface area contributed by atoms with Crippen molar-refractivity contribution in [1.82, 2.24) is 9.55 Å². The topological polar surface area (TPSA) is 90.3 Å². The highest BCUT2D eigenvalue weighted by molar-refractivity contribution is 7.99. The highest BCUT2D eigenvalue weighted by Crippen LogP contribution is 2.32. The molecule has 1 N–H and O–H groups in total. The molecule has 9 heteroatoms. The maximum absolute atomic E-state index is 13.5. The molecule has 0 aliphatic heterocycles. The van der Waals surface area contributed by atoms with Crippen LogP contribution in [0.4, 0.5) is 5.69 Å². The first kappa shape index (κ1) is 25.4. The van der Waals surface area contributed by atoms with Crippen LogP contribution in [0.3, 0.4) is 0 Å². The summed E-state index contributed by atoms with van der Waals surface area (Å²) in [5.41, 5.74) is 3.63. The van der Waals surface area contributed by atoms with Crippen LogP contribution in [0.2, 0.25) is 0 Å². The molecule has 4 aromatic rings. The number of allylic oxidation sites excluding steroid dienone is 1. The van der Waals surface area contributed by atoms with Crippen molar-refractivity contribution in [3.63, 3.8) is 0 Å². The molecule has 2 aromatic heterocycles. The Kier molecular flexibility index (Phi) is 8.02. The molecule has 4 rings (SSSR count). The number of ether oxygens (including phenoxy) is 1. The van der Waals surface area contributed by atoms with E-state index in [0.29, 0.717) is 26.6 Å². The van der Waals surface area contributed by atoms with Crippen molar-refractivity contribution in [3.8, 4) is 11.1 Å². The van der Waals surface area contributed by atoms with Crippen LogP contribution in [-0.4, -0.2) is 33.8 Å². The molecule has 0 atom stereocenters. The minimum Gasteiger partial charge on any atom is -0.462 e. The normalized spacial score (nSPS) is 10.8. The number of carbonyl (C=O) groups is 2. The maximum Gasteiger partial charge on any atom is 0.338 e. The number of hydrogen-bond acceptors (Lipinski definition) is 7. The molecule has 36 heavy (non-hydrogen) atoms. The van der Waals surface area contributed by atoms with E-state index in [1.807, 2.05) is 36.6 Å². The lowest BCUT2D eigenvalue weighted by Gasteiger charge is -2.11. The Morgan fingerprint density at radius 3 is 2.72 bits per heavy atom. The van der Waals surface area contributed by atoms with Crippen LogP contribution in [-0.2, 0) is 16.1 Å². The molecule has 1 amide bonds. The number of esters is 1. The number of aromatic nitrogens is 2. The van der Waals surface area contributed by atoms with Gasteiger partial charge in [0, 0.05) is 23.2 Å². The molecule has 0 aliphatic carbocycles. The average Bonchev–Trinajstić information content (AvgIpc) is 3.30. The van der Waals surface area contributed by atoms with E-state index < -0.39 is 5.97 Å². The molecule has 0 saturated carbocycles. The highest BCUT2D eigenvalue weighted by atomic mass is 32.2. The second-order valence-corrected chi connectivity index (χ2v) is 9.73. The summed E-state index contributed by atoms with van der Waals surface area (Å²) in [5.74, 6) is -0.698. The van der Waals surface area contributed by atoms with E-state index in [0.717, 1.165) is 16.7 Å². The molecule has 0 saturated heterocycles. The lowest BCUT2D eigenvalue weighted by Crippen LogP contribution is -2.23. The number of thiophene rings is 1. The van der Waals surface area contributed by atoms with Gasteiger partial charge in [-0.3, -0.25) is 14.2 Å². The second-order valence-electron chi connectivity index (χ2n) is 7.93. The SMILES string of the molecule is C=CCn1c(SCC(=O)Nc2cccc(C(=O)OCC)c2)nc2scc(-c3ccc(C)cc3)c2c1=O. The Morgan fingerprint density at radius 1 is 1.22 bits per heavy atom. The van der Waals surface area contributed by atoms with E-state index in [2.05, 4.69) is 11.9 Å². The van der Waals surface area contributed by atoms with E-state index in [1.165, 1.54) is 23.1 Å². The molecule has 2 aromatic carbocycles. The van der Waals surface area contributed by atoms with Crippen molar-refractivity contribution in [2.45, 2.75) is 25.5 Å². The van der Waals surface area contributed by atoms with Crippen LogP contribution in [0.15, 0.2) is 76.5 Å². The summed E-state index contributed by atoms with van der Waals surface area (Å²) in [7, 11) is 0. The largest absolute Gasteiger partial charge is 0.462 e. The van der Waals surface area contributed by atoms with Gasteiger partial charge in [-0.25, -0.2) is 9.78 Å². The van der Waals surface area contributed by atoms with E-state index in [1.54, 1.807) is 41.8 Å². The van der Waals surface area contributed by atoms with Crippen LogP contribution in [0.5, 0.6) is 0 Å². The first-order valence-corrected chi connectivity index (χ1v) is 13.2. The van der Waals surface area contributed by atoms with Crippen LogP contribution in [0.1, 0.15) is 22.8 Å². The van der Waals surface area contributed by atoms with Crippen molar-refractivity contribution >= 4 is 50.9 Å². The lowest BCUT2D eigenvalue weighted by molar-refractivity contribution is -0.113. The summed E-state index contributed by atoms with van der Waals surface area (Å²) in [6, 6.07) is 14.6. The van der Waals surface area contributed by atoms with Gasteiger partial charge in [-0.05, 0) is 37.6 Å². The van der Waals surface area contributed by atoms with Crippen molar-refractivity contribution in [2.24, 2.45) is 0 Å². The van der Waals surface area contributed by atoms with Gasteiger partial charge in [0.2, 0.25) is 5.91 Å². The predicted molar refractivity (Wildman–Crippen MR) is 146 cm³/mol. The Balaban J connectivity index is 1.56. The number of aryl methyl sites for hydroxylation is 1. The van der Waals surface area contributed by atoms with E-state index >= 15 is 0 Å². The average molecular weight is 520 g/mol. The van der Waals surface area contributed by atoms with Crippen LogP contribution >= 0.6 is 23.1 Å². The number of nitrogens with zero attached hydrogens (tertiary/aromatic N) is 2. The van der Waals surface area contributed by atoms with E-state index in [4.69, 9.17) is 9.72 Å². The zero-order valence-electron chi connectivity index (χ0n) is 19.9. The summed E-state index contributed by atoms with van der Waals surface area (Å²) < 4.78 is 6.55. The number of rotatable bonds is 9. The number of thioether (sulfide) groups is 1. The monoisotopic (exact) mass is 519 g/mol. The molecule has 2 heterocycles. The van der Waals surface area contributed by atoms with E-state index in [-0.39, 0.29) is 30.4 Å². The fraction of sp³-hybridized carbons (Fsp3) is 0.185. The van der Waals surface area contributed by atoms with Gasteiger partial charge in [-0.2, -0.15) is 0 Å². The van der Waals surface area contributed by atoms with Gasteiger partial charge >= 0.3 is 5.97 Å². The minimum atomic E-state index is -0.449. The number of carbonyl (C=O) groups excluding carboxylic acids is 2. The molecule has 0 spiro atoms. The molecule has 184 valence electrons. The van der Waals surface area contributed by atoms with Crippen LogP contribution in [0, 0.1) is 6.92 Å². The zero-order valence-corrected chi connectivity index (χ0v) is 21.6. The number of amides is 1. The number of nitrogens with one attached hydrogen (secondary N) is 1. The van der Waals surface area contributed by atoms with E-state index in [9.17, 15) is 14.4 Å². The molecule has 0 unspecified atom stereocenters. The number of benzene rings is 2. The van der Waals surface area contributed by atoms with Crippen LogP contribution < -0.4 is 10.9 Å². The lowest BCUT2D eigenvalue weighted by atomic mass is 10.1. The summed E-state index contributed by atoms with van der Waals surface area (Å²) in [6.07, 6.45) is 1.64. The summed E-state index contributed by atoms with van der Waals surface area (Å²) >= 11 is 2.58. The Morgan fingerprint density at radius 2 is 2.00 bits per heavy atom. The predicted octanol–water partition coefficient (Wildman–Crippen LogP) is 5.53. The summed E-state index contributed by atoms with van der Waals surface area (Å²) in [4.78, 5) is 43.4. The third-order valence-corrected chi connectivity index (χ3v) is 7.17. The molecule has 0 radical (unpaired) electrons. The molecule has 0 fully saturated rings. The minimum absolute atomic E-state index is 0.0366. The Hall–Kier alpha value is -3.69. The molecule has 0 aliphatic rings. The van der Waals surface area contributed by atoms with Gasteiger partial charge in [0.15, 0.2) is 5.16 Å². The Labute approximate surface area is 216 Å². The van der Waals surface area contributed by atoms with Gasteiger partial charge in [0.05, 0.1) is 23.3 Å². The number of hydrogen-bond donors (Lipinski definition) is 1. The molecule has 0 bridgehead atoms. The zero-order chi connectivity index (χ0) is 25.7. The van der Waals surface area contributed by atoms with Crippen molar-refractivity contribution in [2.75, 3.05) is 17.7 Å². The van der Waals surface area contributed by atoms with Gasteiger partial charge in [0.25, 0.3) is 5.56 Å². The van der Waals surface area contributed by atoms with Crippen molar-refractivity contribution in [1.29, 1.82) is 0 Å². The first-order valence-electron chi connectivity index (χ1n) is 11.3. The number of anilines is 1. The third-order valence-electron chi connectivity index (χ3n) is 5.32. The first-order chi connectivity index (χ1) is 17.4. The summed E-state index contributed by atoms with van der Waals surface area (Å²) in [5, 5.41) is 5.74. The Bertz CT molecular complexity index is 1490. The standard InChI is InChI=1S/C27H25N3O4S2/c1-4-13-30-25(32)23-21(18-11-9-17(3)10-12-18)15-35-24(23)29-27(30)36-16-22(31)28-20-8-6-7-19(14-20)26(33)34-5-2/h4,6-12,14-15H,1,5,13,16H2,2-3H3,(H,28,31). The quantitative estimate of drug-likeness (QED) is 0.135. The van der Waals surface area contributed by atoms with Crippen molar-refractivity contribution in [3.05, 3.63) is 88.0 Å². The fourth-order valence-electron chi connectivity index (χ4n) is 3.62. The summed E-state index contributed by atoms with van der Waals surface area (Å²) in [6.45, 7) is 8.07.